The number of hydrogen-bond acceptors (Lipinski definition) is 7. The molecule has 0 unspecified atom stereocenters. The molecule has 3 aromatic rings. The molecule has 1 N–H and O–H groups in total. The van der Waals surface area contributed by atoms with Crippen molar-refractivity contribution in [2.24, 2.45) is 0 Å². The van der Waals surface area contributed by atoms with E-state index in [1.807, 2.05) is 43.3 Å². The Hall–Kier alpha value is -3.04. The summed E-state index contributed by atoms with van der Waals surface area (Å²) in [6, 6.07) is 14.4. The number of carbonyl (C=O) groups is 1. The van der Waals surface area contributed by atoms with Crippen molar-refractivity contribution in [3.8, 4) is 11.5 Å². The van der Waals surface area contributed by atoms with E-state index in [-0.39, 0.29) is 30.4 Å². The van der Waals surface area contributed by atoms with Crippen LogP contribution in [0.2, 0.25) is 0 Å². The van der Waals surface area contributed by atoms with Crippen molar-refractivity contribution < 1.29 is 22.4 Å². The van der Waals surface area contributed by atoms with Crippen LogP contribution >= 0.6 is 0 Å². The standard InChI is InChI=1S/C20H21N3O5S/c1-14-8-9-15(2)17(12-14)29(25,26)21-11-10-19(24)27-13-18-22-23-20(28-18)16-6-4-3-5-7-16/h3-9,12,21H,10-11,13H2,1-2H3. The Morgan fingerprint density at radius 3 is 2.62 bits per heavy atom. The molecule has 0 aliphatic heterocycles. The third kappa shape index (κ3) is 5.49. The smallest absolute Gasteiger partial charge is 0.307 e. The minimum atomic E-state index is -3.70. The highest BCUT2D eigenvalue weighted by atomic mass is 32.2. The fourth-order valence-corrected chi connectivity index (χ4v) is 3.95. The summed E-state index contributed by atoms with van der Waals surface area (Å²) in [4.78, 5) is 12.1. The van der Waals surface area contributed by atoms with Gasteiger partial charge in [0.1, 0.15) is 0 Å². The maximum atomic E-state index is 12.4. The van der Waals surface area contributed by atoms with Crippen LogP contribution in [0, 0.1) is 13.8 Å². The van der Waals surface area contributed by atoms with E-state index in [0.29, 0.717) is 11.5 Å². The van der Waals surface area contributed by atoms with Crippen molar-refractivity contribution >= 4 is 16.0 Å². The molecule has 0 aliphatic rings. The summed E-state index contributed by atoms with van der Waals surface area (Å²) in [6.07, 6.45) is -0.121. The number of sulfonamides is 1. The molecule has 0 saturated heterocycles. The molecule has 1 aromatic heterocycles. The zero-order valence-corrected chi connectivity index (χ0v) is 16.9. The lowest BCUT2D eigenvalue weighted by Gasteiger charge is -2.10. The normalized spacial score (nSPS) is 11.4. The number of nitrogens with zero attached hydrogens (tertiary/aromatic N) is 2. The molecule has 0 radical (unpaired) electrons. The summed E-state index contributed by atoms with van der Waals surface area (Å²) in [7, 11) is -3.70. The highest BCUT2D eigenvalue weighted by Gasteiger charge is 2.17. The zero-order chi connectivity index (χ0) is 20.9. The molecule has 3 rings (SSSR count). The third-order valence-electron chi connectivity index (χ3n) is 4.10. The van der Waals surface area contributed by atoms with Crippen LogP contribution in [-0.4, -0.2) is 31.1 Å². The first-order chi connectivity index (χ1) is 13.8. The maximum absolute atomic E-state index is 12.4. The quantitative estimate of drug-likeness (QED) is 0.563. The van der Waals surface area contributed by atoms with Gasteiger partial charge in [-0.1, -0.05) is 30.3 Å². The van der Waals surface area contributed by atoms with Gasteiger partial charge in [0.2, 0.25) is 15.9 Å². The minimum Gasteiger partial charge on any atom is -0.456 e. The van der Waals surface area contributed by atoms with Crippen LogP contribution in [-0.2, 0) is 26.2 Å². The fourth-order valence-electron chi connectivity index (χ4n) is 2.59. The van der Waals surface area contributed by atoms with Crippen LogP contribution in [0.3, 0.4) is 0 Å². The number of ether oxygens (including phenoxy) is 1. The highest BCUT2D eigenvalue weighted by Crippen LogP contribution is 2.18. The van der Waals surface area contributed by atoms with Gasteiger partial charge in [-0.3, -0.25) is 4.79 Å². The Morgan fingerprint density at radius 2 is 1.86 bits per heavy atom. The summed E-state index contributed by atoms with van der Waals surface area (Å²) < 4.78 is 37.8. The Balaban J connectivity index is 1.48. The van der Waals surface area contributed by atoms with Crippen molar-refractivity contribution in [2.45, 2.75) is 31.8 Å². The Morgan fingerprint density at radius 1 is 1.10 bits per heavy atom. The van der Waals surface area contributed by atoms with Crippen LogP contribution < -0.4 is 4.72 Å². The molecule has 2 aromatic carbocycles. The highest BCUT2D eigenvalue weighted by molar-refractivity contribution is 7.89. The lowest BCUT2D eigenvalue weighted by molar-refractivity contribution is -0.145. The molecule has 0 atom stereocenters. The van der Waals surface area contributed by atoms with Gasteiger partial charge in [-0.05, 0) is 43.2 Å². The lowest BCUT2D eigenvalue weighted by Crippen LogP contribution is -2.27. The van der Waals surface area contributed by atoms with Gasteiger partial charge >= 0.3 is 5.97 Å². The molecule has 0 saturated carbocycles. The van der Waals surface area contributed by atoms with Crippen LogP contribution in [0.15, 0.2) is 57.8 Å². The number of rotatable bonds is 8. The second-order valence-corrected chi connectivity index (χ2v) is 8.18. The number of aromatic nitrogens is 2. The lowest BCUT2D eigenvalue weighted by atomic mass is 10.2. The van der Waals surface area contributed by atoms with Crippen LogP contribution in [0.4, 0.5) is 0 Å². The molecule has 0 spiro atoms. The van der Waals surface area contributed by atoms with Crippen molar-refractivity contribution in [1.82, 2.24) is 14.9 Å². The number of carbonyl (C=O) groups excluding carboxylic acids is 1. The fraction of sp³-hybridized carbons (Fsp3) is 0.250. The first-order valence-corrected chi connectivity index (χ1v) is 10.4. The number of esters is 1. The van der Waals surface area contributed by atoms with Gasteiger partial charge < -0.3 is 9.15 Å². The SMILES string of the molecule is Cc1ccc(C)c(S(=O)(=O)NCCC(=O)OCc2nnc(-c3ccccc3)o2)c1. The number of benzene rings is 2. The Kier molecular flexibility index (Phi) is 6.40. The molecule has 152 valence electrons. The predicted molar refractivity (Wildman–Crippen MR) is 105 cm³/mol. The number of hydrogen-bond donors (Lipinski definition) is 1. The Labute approximate surface area is 169 Å². The predicted octanol–water partition coefficient (Wildman–Crippen LogP) is 2.77. The summed E-state index contributed by atoms with van der Waals surface area (Å²) in [5.74, 6) is -0.0840. The van der Waals surface area contributed by atoms with Crippen LogP contribution in [0.5, 0.6) is 0 Å². The van der Waals surface area contributed by atoms with Gasteiger partial charge in [-0.15, -0.1) is 10.2 Å². The summed E-state index contributed by atoms with van der Waals surface area (Å²) in [6.45, 7) is 3.28. The van der Waals surface area contributed by atoms with Crippen molar-refractivity contribution in [3.05, 3.63) is 65.5 Å². The van der Waals surface area contributed by atoms with E-state index in [1.54, 1.807) is 19.1 Å². The third-order valence-corrected chi connectivity index (χ3v) is 5.70. The molecule has 9 heteroatoms. The molecular formula is C20H21N3O5S. The largest absolute Gasteiger partial charge is 0.456 e. The topological polar surface area (TPSA) is 111 Å². The van der Waals surface area contributed by atoms with Crippen molar-refractivity contribution in [1.29, 1.82) is 0 Å². The average molecular weight is 415 g/mol. The van der Waals surface area contributed by atoms with E-state index < -0.39 is 16.0 Å². The molecule has 0 amide bonds. The molecule has 29 heavy (non-hydrogen) atoms. The summed E-state index contributed by atoms with van der Waals surface area (Å²) in [5.41, 5.74) is 2.24. The van der Waals surface area contributed by atoms with Crippen LogP contribution in [0.1, 0.15) is 23.4 Å². The number of aryl methyl sites for hydroxylation is 2. The second kappa shape index (κ2) is 8.97. The van der Waals surface area contributed by atoms with Gasteiger partial charge in [-0.2, -0.15) is 0 Å². The van der Waals surface area contributed by atoms with Crippen molar-refractivity contribution in [3.63, 3.8) is 0 Å². The van der Waals surface area contributed by atoms with E-state index in [0.717, 1.165) is 11.1 Å². The van der Waals surface area contributed by atoms with E-state index >= 15 is 0 Å². The van der Waals surface area contributed by atoms with Gasteiger partial charge in [-0.25, -0.2) is 13.1 Å². The molecular weight excluding hydrogens is 394 g/mol. The number of nitrogens with one attached hydrogen (secondary N) is 1. The van der Waals surface area contributed by atoms with Gasteiger partial charge in [0.05, 0.1) is 11.3 Å². The molecule has 1 heterocycles. The van der Waals surface area contributed by atoms with Gasteiger partial charge in [0.15, 0.2) is 6.61 Å². The summed E-state index contributed by atoms with van der Waals surface area (Å²) in [5, 5.41) is 7.74. The summed E-state index contributed by atoms with van der Waals surface area (Å²) >= 11 is 0. The van der Waals surface area contributed by atoms with E-state index in [2.05, 4.69) is 14.9 Å². The monoisotopic (exact) mass is 415 g/mol. The van der Waals surface area contributed by atoms with Gasteiger partial charge in [0.25, 0.3) is 5.89 Å². The van der Waals surface area contributed by atoms with Crippen LogP contribution in [0.25, 0.3) is 11.5 Å². The maximum Gasteiger partial charge on any atom is 0.307 e. The minimum absolute atomic E-state index is 0.0757. The average Bonchev–Trinajstić information content (AvgIpc) is 3.18. The van der Waals surface area contributed by atoms with E-state index in [1.165, 1.54) is 0 Å². The zero-order valence-electron chi connectivity index (χ0n) is 16.1. The molecule has 0 bridgehead atoms. The second-order valence-electron chi connectivity index (χ2n) is 6.44. The van der Waals surface area contributed by atoms with Gasteiger partial charge in [0, 0.05) is 12.1 Å². The first kappa shape index (κ1) is 20.7. The Bertz CT molecular complexity index is 1090. The molecule has 0 fully saturated rings. The molecule has 0 aliphatic carbocycles. The van der Waals surface area contributed by atoms with E-state index in [9.17, 15) is 13.2 Å². The molecule has 8 nitrogen and oxygen atoms in total. The van der Waals surface area contributed by atoms with E-state index in [4.69, 9.17) is 9.15 Å². The van der Waals surface area contributed by atoms with Crippen molar-refractivity contribution in [2.75, 3.05) is 6.54 Å². The first-order valence-electron chi connectivity index (χ1n) is 8.95.